The molecule has 0 fully saturated rings. The van der Waals surface area contributed by atoms with Crippen molar-refractivity contribution in [1.82, 2.24) is 0 Å². The smallest absolute Gasteiger partial charge is 0.0449 e. The monoisotopic (exact) mass is 253 g/mol. The Hall–Kier alpha value is -1.50. The maximum absolute atomic E-state index is 3.63. The zero-order valence-electron chi connectivity index (χ0n) is 12.4. The molecule has 3 rings (SSSR count). The summed E-state index contributed by atoms with van der Waals surface area (Å²) in [4.78, 5) is 0. The van der Waals surface area contributed by atoms with Gasteiger partial charge >= 0.3 is 0 Å². The lowest BCUT2D eigenvalue weighted by Gasteiger charge is -2.24. The van der Waals surface area contributed by atoms with E-state index in [0.29, 0.717) is 5.92 Å². The molecule has 0 radical (unpaired) electrons. The number of hydrogen-bond donors (Lipinski definition) is 1. The first-order valence-electron chi connectivity index (χ1n) is 7.35. The molecule has 0 amide bonds. The summed E-state index contributed by atoms with van der Waals surface area (Å²) in [5.74, 6) is 0.537. The van der Waals surface area contributed by atoms with Gasteiger partial charge in [-0.2, -0.15) is 0 Å². The van der Waals surface area contributed by atoms with Gasteiger partial charge in [0, 0.05) is 23.7 Å². The van der Waals surface area contributed by atoms with Crippen molar-refractivity contribution in [2.24, 2.45) is 5.92 Å². The molecule has 1 atom stereocenters. The number of benzene rings is 1. The molecule has 1 aliphatic carbocycles. The standard InChI is InChI=1S/C18H23N/c1-11-8-15-6-5-7-19-18(15)16(9-11)17-13(3)10-12(2)14(17)4/h8-10,13,19H,5-7H2,1-4H3. The van der Waals surface area contributed by atoms with Gasteiger partial charge in [0.05, 0.1) is 0 Å². The highest BCUT2D eigenvalue weighted by Gasteiger charge is 2.24. The maximum atomic E-state index is 3.63. The maximum Gasteiger partial charge on any atom is 0.0449 e. The fourth-order valence-corrected chi connectivity index (χ4v) is 3.56. The summed E-state index contributed by atoms with van der Waals surface area (Å²) in [6.07, 6.45) is 4.85. The molecule has 0 spiro atoms. The Morgan fingerprint density at radius 3 is 2.63 bits per heavy atom. The zero-order chi connectivity index (χ0) is 13.6. The molecule has 1 heteroatoms. The van der Waals surface area contributed by atoms with Crippen LogP contribution in [-0.4, -0.2) is 6.54 Å². The highest BCUT2D eigenvalue weighted by molar-refractivity contribution is 5.86. The van der Waals surface area contributed by atoms with Gasteiger partial charge in [0.1, 0.15) is 0 Å². The highest BCUT2D eigenvalue weighted by Crippen LogP contribution is 2.42. The molecule has 0 saturated heterocycles. The summed E-state index contributed by atoms with van der Waals surface area (Å²) in [6, 6.07) is 4.71. The predicted molar refractivity (Wildman–Crippen MR) is 83.5 cm³/mol. The van der Waals surface area contributed by atoms with Crippen LogP contribution in [0.15, 0.2) is 29.4 Å². The fourth-order valence-electron chi connectivity index (χ4n) is 3.56. The van der Waals surface area contributed by atoms with Gasteiger partial charge in [-0.3, -0.25) is 0 Å². The number of allylic oxidation sites excluding steroid dienone is 4. The topological polar surface area (TPSA) is 12.0 Å². The van der Waals surface area contributed by atoms with E-state index in [-0.39, 0.29) is 0 Å². The Bertz CT molecular complexity index is 590. The second-order valence-corrected chi connectivity index (χ2v) is 6.05. The Morgan fingerprint density at radius 1 is 1.16 bits per heavy atom. The lowest BCUT2D eigenvalue weighted by atomic mass is 9.88. The summed E-state index contributed by atoms with van der Waals surface area (Å²) in [5.41, 5.74) is 10.1. The number of nitrogens with one attached hydrogen (secondary N) is 1. The van der Waals surface area contributed by atoms with Crippen LogP contribution in [0.2, 0.25) is 0 Å². The van der Waals surface area contributed by atoms with E-state index in [1.54, 1.807) is 0 Å². The minimum absolute atomic E-state index is 0.537. The van der Waals surface area contributed by atoms with E-state index in [9.17, 15) is 0 Å². The van der Waals surface area contributed by atoms with E-state index in [1.165, 1.54) is 51.9 Å². The lowest BCUT2D eigenvalue weighted by Crippen LogP contribution is -2.14. The van der Waals surface area contributed by atoms with E-state index in [4.69, 9.17) is 0 Å². The van der Waals surface area contributed by atoms with E-state index in [0.717, 1.165) is 6.54 Å². The summed E-state index contributed by atoms with van der Waals surface area (Å²) < 4.78 is 0. The first kappa shape index (κ1) is 12.5. The van der Waals surface area contributed by atoms with Gasteiger partial charge in [-0.15, -0.1) is 0 Å². The zero-order valence-corrected chi connectivity index (χ0v) is 12.4. The third kappa shape index (κ3) is 2.01. The minimum Gasteiger partial charge on any atom is -0.384 e. The number of fused-ring (bicyclic) bond motifs is 1. The predicted octanol–water partition coefficient (Wildman–Crippen LogP) is 4.72. The van der Waals surface area contributed by atoms with Gasteiger partial charge in [-0.25, -0.2) is 0 Å². The lowest BCUT2D eigenvalue weighted by molar-refractivity contribution is 0.826. The molecule has 1 aliphatic heterocycles. The molecule has 0 bridgehead atoms. The Labute approximate surface area is 116 Å². The molecule has 2 aliphatic rings. The molecule has 0 aromatic heterocycles. The van der Waals surface area contributed by atoms with Gasteiger partial charge in [-0.1, -0.05) is 30.2 Å². The van der Waals surface area contributed by atoms with Crippen LogP contribution < -0.4 is 5.32 Å². The Kier molecular flexibility index (Phi) is 3.00. The van der Waals surface area contributed by atoms with Crippen LogP contribution in [-0.2, 0) is 6.42 Å². The third-order valence-corrected chi connectivity index (χ3v) is 4.53. The molecule has 100 valence electrons. The van der Waals surface area contributed by atoms with Crippen molar-refractivity contribution in [2.75, 3.05) is 11.9 Å². The van der Waals surface area contributed by atoms with Crippen molar-refractivity contribution >= 4 is 11.3 Å². The molecule has 1 unspecified atom stereocenters. The van der Waals surface area contributed by atoms with Crippen LogP contribution in [0.1, 0.15) is 43.9 Å². The molecule has 1 N–H and O–H groups in total. The van der Waals surface area contributed by atoms with Crippen LogP contribution in [0.25, 0.3) is 5.57 Å². The molecule has 0 saturated carbocycles. The first-order chi connectivity index (χ1) is 9.08. The summed E-state index contributed by atoms with van der Waals surface area (Å²) in [6.45, 7) is 10.1. The molecule has 1 heterocycles. The largest absolute Gasteiger partial charge is 0.384 e. The van der Waals surface area contributed by atoms with Gasteiger partial charge in [0.25, 0.3) is 0 Å². The van der Waals surface area contributed by atoms with Crippen molar-refractivity contribution in [2.45, 2.75) is 40.5 Å². The van der Waals surface area contributed by atoms with Crippen LogP contribution in [0, 0.1) is 12.8 Å². The van der Waals surface area contributed by atoms with Crippen molar-refractivity contribution in [3.63, 3.8) is 0 Å². The highest BCUT2D eigenvalue weighted by atomic mass is 14.9. The average molecular weight is 253 g/mol. The number of anilines is 1. The van der Waals surface area contributed by atoms with Crippen molar-refractivity contribution in [1.29, 1.82) is 0 Å². The van der Waals surface area contributed by atoms with Gasteiger partial charge in [0.15, 0.2) is 0 Å². The molecular weight excluding hydrogens is 230 g/mol. The van der Waals surface area contributed by atoms with E-state index in [1.807, 2.05) is 0 Å². The second-order valence-electron chi connectivity index (χ2n) is 6.05. The third-order valence-electron chi connectivity index (χ3n) is 4.53. The normalized spacial score (nSPS) is 22.1. The summed E-state index contributed by atoms with van der Waals surface area (Å²) in [7, 11) is 0. The van der Waals surface area contributed by atoms with Crippen molar-refractivity contribution in [3.05, 3.63) is 46.0 Å². The molecule has 1 nitrogen and oxygen atoms in total. The number of rotatable bonds is 1. The van der Waals surface area contributed by atoms with E-state index in [2.05, 4.69) is 51.2 Å². The van der Waals surface area contributed by atoms with Crippen LogP contribution >= 0.6 is 0 Å². The fraction of sp³-hybridized carbons (Fsp3) is 0.444. The van der Waals surface area contributed by atoms with Crippen LogP contribution in [0.4, 0.5) is 5.69 Å². The number of aryl methyl sites for hydroxylation is 2. The average Bonchev–Trinajstić information content (AvgIpc) is 2.62. The van der Waals surface area contributed by atoms with Gasteiger partial charge < -0.3 is 5.32 Å². The van der Waals surface area contributed by atoms with Crippen LogP contribution in [0.3, 0.4) is 0 Å². The molecule has 1 aromatic carbocycles. The first-order valence-corrected chi connectivity index (χ1v) is 7.35. The molecule has 19 heavy (non-hydrogen) atoms. The SMILES string of the molecule is CC1=CC(C)C(c2cc(C)cc3c2NCCC3)=C1C. The van der Waals surface area contributed by atoms with Gasteiger partial charge in [0.2, 0.25) is 0 Å². The Morgan fingerprint density at radius 2 is 1.95 bits per heavy atom. The minimum atomic E-state index is 0.537. The summed E-state index contributed by atoms with van der Waals surface area (Å²) in [5, 5.41) is 3.63. The van der Waals surface area contributed by atoms with E-state index >= 15 is 0 Å². The quantitative estimate of drug-likeness (QED) is 0.763. The van der Waals surface area contributed by atoms with Crippen molar-refractivity contribution in [3.8, 4) is 0 Å². The van der Waals surface area contributed by atoms with Gasteiger partial charge in [-0.05, 0) is 56.4 Å². The van der Waals surface area contributed by atoms with E-state index < -0.39 is 0 Å². The second kappa shape index (κ2) is 4.56. The number of hydrogen-bond acceptors (Lipinski definition) is 1. The Balaban J connectivity index is 2.19. The van der Waals surface area contributed by atoms with Crippen molar-refractivity contribution < 1.29 is 0 Å². The van der Waals surface area contributed by atoms with Crippen LogP contribution in [0.5, 0.6) is 0 Å². The molecule has 1 aromatic rings. The molecular formula is C18H23N. The summed E-state index contributed by atoms with van der Waals surface area (Å²) >= 11 is 0.